The van der Waals surface area contributed by atoms with Crippen LogP contribution < -0.4 is 8.92 Å². The van der Waals surface area contributed by atoms with E-state index in [9.17, 15) is 26.4 Å². The van der Waals surface area contributed by atoms with Gasteiger partial charge >= 0.3 is 21.6 Å². The number of hydrogen-bond acceptors (Lipinski definition) is 6. The normalized spacial score (nSPS) is 18.4. The molecule has 0 saturated carbocycles. The monoisotopic (exact) mass is 498 g/mol. The van der Waals surface area contributed by atoms with E-state index < -0.39 is 32.9 Å². The molecule has 0 fully saturated rings. The molecule has 6 nitrogen and oxygen atoms in total. The van der Waals surface area contributed by atoms with Gasteiger partial charge in [0.15, 0.2) is 5.60 Å². The van der Waals surface area contributed by atoms with Gasteiger partial charge in [0.25, 0.3) is 0 Å². The quantitative estimate of drug-likeness (QED) is 0.202. The van der Waals surface area contributed by atoms with E-state index in [0.717, 1.165) is 22.9 Å². The molecule has 0 bridgehead atoms. The van der Waals surface area contributed by atoms with Crippen molar-refractivity contribution in [2.45, 2.75) is 11.1 Å². The van der Waals surface area contributed by atoms with Crippen molar-refractivity contribution in [3.8, 4) is 17.2 Å². The standard InChI is InChI=1S/C25H13F3O6S/c26-25(27,28)35(30,31)34-15-10-11-19-21(13-15)32-20-12-9-14-5-1-2-6-16(14)22(20)24(19)18-8-4-3-7-17(18)23(29)33-24/h1-13H. The fourth-order valence-corrected chi connectivity index (χ4v) is 5.11. The number of alkyl halides is 3. The van der Waals surface area contributed by atoms with Crippen LogP contribution in [0.25, 0.3) is 10.8 Å². The predicted octanol–water partition coefficient (Wildman–Crippen LogP) is 5.64. The second kappa shape index (κ2) is 6.98. The van der Waals surface area contributed by atoms with Crippen molar-refractivity contribution >= 4 is 26.9 Å². The molecular formula is C25H13F3O6S. The molecule has 35 heavy (non-hydrogen) atoms. The van der Waals surface area contributed by atoms with Gasteiger partial charge in [0.2, 0.25) is 0 Å². The molecule has 10 heteroatoms. The highest BCUT2D eigenvalue weighted by Crippen LogP contribution is 2.58. The highest BCUT2D eigenvalue weighted by molar-refractivity contribution is 7.88. The van der Waals surface area contributed by atoms with Crippen LogP contribution in [-0.4, -0.2) is 19.9 Å². The minimum Gasteiger partial charge on any atom is -0.456 e. The molecule has 4 aromatic carbocycles. The fraction of sp³-hybridized carbons (Fsp3) is 0.0800. The lowest BCUT2D eigenvalue weighted by Crippen LogP contribution is -2.33. The molecule has 0 saturated heterocycles. The summed E-state index contributed by atoms with van der Waals surface area (Å²) in [7, 11) is -5.89. The van der Waals surface area contributed by atoms with Crippen LogP contribution in [0.1, 0.15) is 27.0 Å². The van der Waals surface area contributed by atoms with Crippen molar-refractivity contribution in [2.24, 2.45) is 0 Å². The number of halogens is 3. The third-order valence-electron chi connectivity index (χ3n) is 6.06. The van der Waals surface area contributed by atoms with Gasteiger partial charge in [-0.3, -0.25) is 0 Å². The smallest absolute Gasteiger partial charge is 0.456 e. The van der Waals surface area contributed by atoms with Crippen LogP contribution in [0.5, 0.6) is 17.2 Å². The van der Waals surface area contributed by atoms with Gasteiger partial charge in [-0.15, -0.1) is 0 Å². The minimum absolute atomic E-state index is 0.00726. The van der Waals surface area contributed by atoms with Gasteiger partial charge in [-0.25, -0.2) is 4.79 Å². The van der Waals surface area contributed by atoms with Crippen molar-refractivity contribution in [2.75, 3.05) is 0 Å². The summed E-state index contributed by atoms with van der Waals surface area (Å²) >= 11 is 0. The van der Waals surface area contributed by atoms with Gasteiger partial charge in [-0.1, -0.05) is 48.5 Å². The number of rotatable bonds is 2. The summed E-state index contributed by atoms with van der Waals surface area (Å²) < 4.78 is 78.0. The largest absolute Gasteiger partial charge is 0.534 e. The number of esters is 1. The van der Waals surface area contributed by atoms with Gasteiger partial charge in [0.1, 0.15) is 17.2 Å². The number of carbonyl (C=O) groups excluding carboxylic acids is 1. The number of hydrogen-bond donors (Lipinski definition) is 0. The number of benzene rings is 4. The van der Waals surface area contributed by atoms with E-state index in [1.54, 1.807) is 36.4 Å². The van der Waals surface area contributed by atoms with Gasteiger partial charge in [-0.05, 0) is 35.0 Å². The first-order valence-corrected chi connectivity index (χ1v) is 11.7. The summed E-state index contributed by atoms with van der Waals surface area (Å²) in [6.45, 7) is 0. The SMILES string of the molecule is O=C1OC2(c3ccc(OS(=O)(=O)C(F)(F)F)cc3Oc3ccc4ccccc4c32)c2ccccc21. The summed E-state index contributed by atoms with van der Waals surface area (Å²) in [5, 5.41) is 1.61. The molecule has 0 N–H and O–H groups in total. The first kappa shape index (κ1) is 21.5. The molecule has 2 aliphatic rings. The van der Waals surface area contributed by atoms with E-state index in [1.807, 2.05) is 24.3 Å². The summed E-state index contributed by atoms with van der Waals surface area (Å²) in [6, 6.07) is 21.1. The van der Waals surface area contributed by atoms with Gasteiger partial charge in [-0.2, -0.15) is 21.6 Å². The Morgan fingerprint density at radius 2 is 1.57 bits per heavy atom. The maximum absolute atomic E-state index is 13.0. The van der Waals surface area contributed by atoms with Gasteiger partial charge < -0.3 is 13.7 Å². The van der Waals surface area contributed by atoms with Crippen molar-refractivity contribution in [1.82, 2.24) is 0 Å². The Morgan fingerprint density at radius 1 is 0.829 bits per heavy atom. The Hall–Kier alpha value is -4.05. The van der Waals surface area contributed by atoms with Gasteiger partial charge in [0, 0.05) is 17.2 Å². The maximum Gasteiger partial charge on any atom is 0.534 e. The van der Waals surface area contributed by atoms with Crippen LogP contribution >= 0.6 is 0 Å². The van der Waals surface area contributed by atoms with E-state index in [2.05, 4.69) is 4.18 Å². The van der Waals surface area contributed by atoms with Crippen LogP contribution in [0, 0.1) is 0 Å². The molecule has 0 aromatic heterocycles. The number of ether oxygens (including phenoxy) is 2. The Bertz CT molecular complexity index is 1660. The average molecular weight is 498 g/mol. The van der Waals surface area contributed by atoms with E-state index in [4.69, 9.17) is 9.47 Å². The second-order valence-electron chi connectivity index (χ2n) is 8.02. The molecule has 0 radical (unpaired) electrons. The molecule has 6 rings (SSSR count). The van der Waals surface area contributed by atoms with Crippen molar-refractivity contribution < 1.29 is 40.0 Å². The van der Waals surface area contributed by atoms with E-state index in [1.165, 1.54) is 6.07 Å². The molecule has 2 heterocycles. The molecule has 1 unspecified atom stereocenters. The highest BCUT2D eigenvalue weighted by atomic mass is 32.2. The van der Waals surface area contributed by atoms with Crippen molar-refractivity contribution in [3.05, 3.63) is 101 Å². The number of fused-ring (bicyclic) bond motifs is 8. The molecule has 4 aromatic rings. The van der Waals surface area contributed by atoms with E-state index in [0.29, 0.717) is 28.0 Å². The topological polar surface area (TPSA) is 78.9 Å². The zero-order chi connectivity index (χ0) is 24.6. The van der Waals surface area contributed by atoms with Crippen LogP contribution in [0.15, 0.2) is 78.9 Å². The van der Waals surface area contributed by atoms with Crippen LogP contribution in [0.3, 0.4) is 0 Å². The highest BCUT2D eigenvalue weighted by Gasteiger charge is 2.54. The summed E-state index contributed by atoms with van der Waals surface area (Å²) in [5.41, 5.74) is -5.34. The molecule has 0 amide bonds. The Labute approximate surface area is 196 Å². The molecular weight excluding hydrogens is 485 g/mol. The molecule has 1 spiro atoms. The van der Waals surface area contributed by atoms with Crippen LogP contribution in [0.2, 0.25) is 0 Å². The lowest BCUT2D eigenvalue weighted by Gasteiger charge is -2.37. The van der Waals surface area contributed by atoms with E-state index >= 15 is 0 Å². The summed E-state index contributed by atoms with van der Waals surface area (Å²) in [6.07, 6.45) is 0. The zero-order valence-electron chi connectivity index (χ0n) is 17.5. The Balaban J connectivity index is 1.63. The van der Waals surface area contributed by atoms with Crippen molar-refractivity contribution in [3.63, 3.8) is 0 Å². The number of carbonyl (C=O) groups is 1. The fourth-order valence-electron chi connectivity index (χ4n) is 4.66. The minimum atomic E-state index is -5.89. The molecule has 0 aliphatic carbocycles. The Morgan fingerprint density at radius 3 is 2.37 bits per heavy atom. The predicted molar refractivity (Wildman–Crippen MR) is 118 cm³/mol. The zero-order valence-corrected chi connectivity index (χ0v) is 18.3. The molecule has 1 atom stereocenters. The van der Waals surface area contributed by atoms with Crippen molar-refractivity contribution in [1.29, 1.82) is 0 Å². The third-order valence-corrected chi connectivity index (χ3v) is 7.04. The summed E-state index contributed by atoms with van der Waals surface area (Å²) in [5.74, 6) is -0.880. The molecule has 176 valence electrons. The van der Waals surface area contributed by atoms with Crippen LogP contribution in [-0.2, 0) is 20.5 Å². The van der Waals surface area contributed by atoms with Crippen LogP contribution in [0.4, 0.5) is 13.2 Å². The summed E-state index contributed by atoms with van der Waals surface area (Å²) in [4.78, 5) is 13.0. The van der Waals surface area contributed by atoms with E-state index in [-0.39, 0.29) is 5.75 Å². The lowest BCUT2D eigenvalue weighted by molar-refractivity contribution is -0.0500. The maximum atomic E-state index is 13.0. The first-order chi connectivity index (χ1) is 16.6. The lowest BCUT2D eigenvalue weighted by atomic mass is 9.76. The first-order valence-electron chi connectivity index (χ1n) is 10.3. The average Bonchev–Trinajstić information content (AvgIpc) is 3.10. The third kappa shape index (κ3) is 2.96. The van der Waals surface area contributed by atoms with Gasteiger partial charge in [0.05, 0.1) is 11.1 Å². The Kier molecular flexibility index (Phi) is 4.29. The second-order valence-corrected chi connectivity index (χ2v) is 9.56. The molecule has 2 aliphatic heterocycles.